The monoisotopic (exact) mass is 207 g/mol. The van der Waals surface area contributed by atoms with Crippen molar-refractivity contribution in [2.45, 2.75) is 13.8 Å². The Morgan fingerprint density at radius 1 is 1.33 bits per heavy atom. The van der Waals surface area contributed by atoms with E-state index >= 15 is 0 Å². The smallest absolute Gasteiger partial charge is 0.142 e. The van der Waals surface area contributed by atoms with E-state index in [2.05, 4.69) is 0 Å². The first-order valence-corrected chi connectivity index (χ1v) is 4.90. The predicted octanol–water partition coefficient (Wildman–Crippen LogP) is 1.95. The van der Waals surface area contributed by atoms with E-state index in [1.165, 1.54) is 11.1 Å². The van der Waals surface area contributed by atoms with Crippen LogP contribution in [0.25, 0.3) is 0 Å². The molecule has 0 bridgehead atoms. The van der Waals surface area contributed by atoms with E-state index in [9.17, 15) is 4.79 Å². The second-order valence-electron chi connectivity index (χ2n) is 3.66. The number of aldehydes is 1. The molecule has 0 saturated carbocycles. The van der Waals surface area contributed by atoms with Crippen LogP contribution >= 0.6 is 0 Å². The molecule has 0 unspecified atom stereocenters. The molecule has 1 rings (SSSR count). The molecule has 0 heterocycles. The van der Waals surface area contributed by atoms with Crippen LogP contribution in [0.15, 0.2) is 12.1 Å². The highest BCUT2D eigenvalue weighted by molar-refractivity contribution is 5.67. The van der Waals surface area contributed by atoms with Crippen LogP contribution in [0, 0.1) is 13.8 Å². The van der Waals surface area contributed by atoms with Gasteiger partial charge < -0.3 is 14.4 Å². The number of rotatable bonds is 4. The first-order valence-electron chi connectivity index (χ1n) is 4.90. The van der Waals surface area contributed by atoms with Gasteiger partial charge in [-0.2, -0.15) is 0 Å². The SMILES string of the molecule is COc1cc(C)c(C)cc1N(C)CC=O. The van der Waals surface area contributed by atoms with Crippen molar-refractivity contribution in [1.29, 1.82) is 0 Å². The number of nitrogens with zero attached hydrogens (tertiary/aromatic N) is 1. The topological polar surface area (TPSA) is 29.5 Å². The van der Waals surface area contributed by atoms with Crippen molar-refractivity contribution in [1.82, 2.24) is 0 Å². The first kappa shape index (κ1) is 11.6. The number of carbonyl (C=O) groups is 1. The maximum Gasteiger partial charge on any atom is 0.142 e. The second kappa shape index (κ2) is 4.82. The van der Waals surface area contributed by atoms with Crippen LogP contribution in [-0.4, -0.2) is 27.0 Å². The van der Waals surface area contributed by atoms with Crippen LogP contribution in [0.4, 0.5) is 5.69 Å². The summed E-state index contributed by atoms with van der Waals surface area (Å²) in [6.45, 7) is 4.47. The predicted molar refractivity (Wildman–Crippen MR) is 61.8 cm³/mol. The van der Waals surface area contributed by atoms with Gasteiger partial charge in [0.1, 0.15) is 12.0 Å². The lowest BCUT2D eigenvalue weighted by Crippen LogP contribution is -2.20. The molecule has 0 aliphatic rings. The molecule has 0 spiro atoms. The highest BCUT2D eigenvalue weighted by Gasteiger charge is 2.09. The standard InChI is InChI=1S/C12H17NO2/c1-9-7-11(13(3)5-6-14)12(15-4)8-10(9)2/h6-8H,5H2,1-4H3. The van der Waals surface area contributed by atoms with Gasteiger partial charge in [0.2, 0.25) is 0 Å². The van der Waals surface area contributed by atoms with Crippen LogP contribution in [0.1, 0.15) is 11.1 Å². The number of ether oxygens (including phenoxy) is 1. The van der Waals surface area contributed by atoms with Gasteiger partial charge in [0.15, 0.2) is 0 Å². The number of methoxy groups -OCH3 is 1. The van der Waals surface area contributed by atoms with Gasteiger partial charge in [-0.25, -0.2) is 0 Å². The molecule has 0 radical (unpaired) electrons. The molecule has 0 aliphatic carbocycles. The third-order valence-electron chi connectivity index (χ3n) is 2.55. The van der Waals surface area contributed by atoms with Gasteiger partial charge in [0, 0.05) is 7.05 Å². The molecule has 15 heavy (non-hydrogen) atoms. The fraction of sp³-hybridized carbons (Fsp3) is 0.417. The van der Waals surface area contributed by atoms with Gasteiger partial charge in [-0.1, -0.05) is 0 Å². The van der Waals surface area contributed by atoms with Crippen molar-refractivity contribution in [2.75, 3.05) is 25.6 Å². The van der Waals surface area contributed by atoms with Gasteiger partial charge in [0.05, 0.1) is 19.3 Å². The Bertz CT molecular complexity index is 361. The summed E-state index contributed by atoms with van der Waals surface area (Å²) in [7, 11) is 3.52. The number of hydrogen-bond donors (Lipinski definition) is 0. The summed E-state index contributed by atoms with van der Waals surface area (Å²) in [5, 5.41) is 0. The fourth-order valence-electron chi connectivity index (χ4n) is 1.45. The third-order valence-corrected chi connectivity index (χ3v) is 2.55. The van der Waals surface area contributed by atoms with Crippen molar-refractivity contribution < 1.29 is 9.53 Å². The summed E-state index contributed by atoms with van der Waals surface area (Å²) in [5.41, 5.74) is 3.34. The number of likely N-dealkylation sites (N-methyl/N-ethyl adjacent to an activating group) is 1. The number of benzene rings is 1. The summed E-state index contributed by atoms with van der Waals surface area (Å²) in [6.07, 6.45) is 0.884. The van der Waals surface area contributed by atoms with E-state index in [0.717, 1.165) is 17.7 Å². The molecule has 1 aromatic rings. The average Bonchev–Trinajstić information content (AvgIpc) is 2.21. The molecular formula is C12H17NO2. The Kier molecular flexibility index (Phi) is 3.72. The summed E-state index contributed by atoms with van der Waals surface area (Å²) in [6, 6.07) is 4.03. The molecule has 0 fully saturated rings. The number of aryl methyl sites for hydroxylation is 2. The van der Waals surface area contributed by atoms with E-state index in [-0.39, 0.29) is 0 Å². The van der Waals surface area contributed by atoms with Crippen LogP contribution in [0.5, 0.6) is 5.75 Å². The number of hydrogen-bond acceptors (Lipinski definition) is 3. The maximum atomic E-state index is 10.5. The van der Waals surface area contributed by atoms with Crippen molar-refractivity contribution in [3.8, 4) is 5.75 Å². The minimum Gasteiger partial charge on any atom is -0.495 e. The Hall–Kier alpha value is -1.51. The Morgan fingerprint density at radius 2 is 1.93 bits per heavy atom. The summed E-state index contributed by atoms with van der Waals surface area (Å²) >= 11 is 0. The van der Waals surface area contributed by atoms with Crippen LogP contribution in [-0.2, 0) is 4.79 Å². The fourth-order valence-corrected chi connectivity index (χ4v) is 1.45. The molecule has 0 atom stereocenters. The molecule has 0 aromatic heterocycles. The van der Waals surface area contributed by atoms with E-state index in [1.807, 2.05) is 37.9 Å². The summed E-state index contributed by atoms with van der Waals surface area (Å²) < 4.78 is 5.29. The Balaban J connectivity index is 3.14. The molecule has 82 valence electrons. The van der Waals surface area contributed by atoms with Crippen molar-refractivity contribution >= 4 is 12.0 Å². The van der Waals surface area contributed by atoms with E-state index < -0.39 is 0 Å². The number of carbonyl (C=O) groups excluding carboxylic acids is 1. The highest BCUT2D eigenvalue weighted by atomic mass is 16.5. The lowest BCUT2D eigenvalue weighted by atomic mass is 10.1. The van der Waals surface area contributed by atoms with Crippen molar-refractivity contribution in [3.05, 3.63) is 23.3 Å². The van der Waals surface area contributed by atoms with E-state index in [1.54, 1.807) is 7.11 Å². The molecule has 1 aromatic carbocycles. The van der Waals surface area contributed by atoms with Crippen LogP contribution in [0.2, 0.25) is 0 Å². The molecule has 3 nitrogen and oxygen atoms in total. The van der Waals surface area contributed by atoms with Gasteiger partial charge in [0.25, 0.3) is 0 Å². The molecule has 0 saturated heterocycles. The second-order valence-corrected chi connectivity index (χ2v) is 3.66. The molecule has 3 heteroatoms. The molecule has 0 amide bonds. The zero-order valence-electron chi connectivity index (χ0n) is 9.70. The summed E-state index contributed by atoms with van der Waals surface area (Å²) in [4.78, 5) is 12.3. The average molecular weight is 207 g/mol. The van der Waals surface area contributed by atoms with Gasteiger partial charge in [-0.15, -0.1) is 0 Å². The minimum absolute atomic E-state index is 0.374. The van der Waals surface area contributed by atoms with Crippen LogP contribution < -0.4 is 9.64 Å². The molecule has 0 N–H and O–H groups in total. The first-order chi connectivity index (χ1) is 7.10. The zero-order chi connectivity index (χ0) is 11.4. The highest BCUT2D eigenvalue weighted by Crippen LogP contribution is 2.30. The Morgan fingerprint density at radius 3 is 2.47 bits per heavy atom. The quantitative estimate of drug-likeness (QED) is 0.707. The van der Waals surface area contributed by atoms with Gasteiger partial charge in [-0.05, 0) is 37.1 Å². The van der Waals surface area contributed by atoms with Crippen LogP contribution in [0.3, 0.4) is 0 Å². The third kappa shape index (κ3) is 2.49. The zero-order valence-corrected chi connectivity index (χ0v) is 9.70. The maximum absolute atomic E-state index is 10.5. The lowest BCUT2D eigenvalue weighted by Gasteiger charge is -2.20. The van der Waals surface area contributed by atoms with Crippen molar-refractivity contribution in [2.24, 2.45) is 0 Å². The Labute approximate surface area is 90.7 Å². The van der Waals surface area contributed by atoms with E-state index in [0.29, 0.717) is 6.54 Å². The minimum atomic E-state index is 0.374. The number of anilines is 1. The lowest BCUT2D eigenvalue weighted by molar-refractivity contribution is -0.106. The largest absolute Gasteiger partial charge is 0.495 e. The molecular weight excluding hydrogens is 190 g/mol. The van der Waals surface area contributed by atoms with Gasteiger partial charge >= 0.3 is 0 Å². The van der Waals surface area contributed by atoms with Crippen molar-refractivity contribution in [3.63, 3.8) is 0 Å². The van der Waals surface area contributed by atoms with E-state index in [4.69, 9.17) is 4.74 Å². The molecule has 0 aliphatic heterocycles. The normalized spacial score (nSPS) is 9.87. The van der Waals surface area contributed by atoms with Gasteiger partial charge in [-0.3, -0.25) is 0 Å². The summed E-state index contributed by atoms with van der Waals surface area (Å²) in [5.74, 6) is 0.808.